The topological polar surface area (TPSA) is 86.1 Å². The predicted octanol–water partition coefficient (Wildman–Crippen LogP) is 2.49. The molecule has 0 saturated heterocycles. The van der Waals surface area contributed by atoms with Gasteiger partial charge < -0.3 is 10.1 Å². The average Bonchev–Trinajstić information content (AvgIpc) is 3.03. The zero-order valence-corrected chi connectivity index (χ0v) is 13.3. The highest BCUT2D eigenvalue weighted by Crippen LogP contribution is 2.16. The summed E-state index contributed by atoms with van der Waals surface area (Å²) < 4.78 is 6.43. The van der Waals surface area contributed by atoms with Gasteiger partial charge in [-0.05, 0) is 43.3 Å². The van der Waals surface area contributed by atoms with E-state index in [0.29, 0.717) is 28.9 Å². The predicted molar refractivity (Wildman–Crippen MR) is 88.9 cm³/mol. The summed E-state index contributed by atoms with van der Waals surface area (Å²) in [5.74, 6) is -0.742. The van der Waals surface area contributed by atoms with E-state index in [-0.39, 0.29) is 5.91 Å². The number of carbonyl (C=O) groups excluding carboxylic acids is 2. The molecule has 7 heteroatoms. The van der Waals surface area contributed by atoms with E-state index < -0.39 is 5.97 Å². The van der Waals surface area contributed by atoms with Crippen LogP contribution in [0, 0.1) is 0 Å². The van der Waals surface area contributed by atoms with E-state index >= 15 is 0 Å². The summed E-state index contributed by atoms with van der Waals surface area (Å²) in [5.41, 5.74) is 2.89. The molecule has 0 atom stereocenters. The van der Waals surface area contributed by atoms with Crippen LogP contribution < -0.4 is 5.32 Å². The first-order valence-corrected chi connectivity index (χ1v) is 7.45. The standard InChI is InChI=1S/C17H16N4O3/c1-3-21-15-8-7-11(10-14(15)19-20-21)16(22)18-13-6-4-5-12(9-13)17(23)24-2/h4-10H,3H2,1-2H3,(H,18,22). The molecular weight excluding hydrogens is 308 g/mol. The number of ether oxygens (including phenoxy) is 1. The number of hydrogen-bond acceptors (Lipinski definition) is 5. The Morgan fingerprint density at radius 3 is 2.75 bits per heavy atom. The van der Waals surface area contributed by atoms with Crippen LogP contribution in [0.1, 0.15) is 27.6 Å². The van der Waals surface area contributed by atoms with E-state index in [1.54, 1.807) is 41.1 Å². The van der Waals surface area contributed by atoms with E-state index in [1.165, 1.54) is 7.11 Å². The van der Waals surface area contributed by atoms with Gasteiger partial charge in [-0.3, -0.25) is 4.79 Å². The Labute approximate surface area is 138 Å². The summed E-state index contributed by atoms with van der Waals surface area (Å²) in [7, 11) is 1.31. The van der Waals surface area contributed by atoms with Crippen LogP contribution in [-0.2, 0) is 11.3 Å². The summed E-state index contributed by atoms with van der Waals surface area (Å²) in [6.45, 7) is 2.69. The van der Waals surface area contributed by atoms with Crippen LogP contribution in [0.5, 0.6) is 0 Å². The second-order valence-electron chi connectivity index (χ2n) is 5.14. The molecule has 0 radical (unpaired) electrons. The summed E-state index contributed by atoms with van der Waals surface area (Å²) in [6.07, 6.45) is 0. The molecule has 0 aliphatic heterocycles. The second kappa shape index (κ2) is 6.49. The van der Waals surface area contributed by atoms with Crippen LogP contribution >= 0.6 is 0 Å². The third-order valence-electron chi connectivity index (χ3n) is 3.62. The molecule has 0 unspecified atom stereocenters. The number of fused-ring (bicyclic) bond motifs is 1. The van der Waals surface area contributed by atoms with Crippen molar-refractivity contribution in [3.63, 3.8) is 0 Å². The number of hydrogen-bond donors (Lipinski definition) is 1. The molecule has 0 saturated carbocycles. The molecule has 2 aromatic carbocycles. The summed E-state index contributed by atoms with van der Waals surface area (Å²) in [6, 6.07) is 11.8. The fraction of sp³-hybridized carbons (Fsp3) is 0.176. The lowest BCUT2D eigenvalue weighted by Crippen LogP contribution is -2.12. The van der Waals surface area contributed by atoms with Crippen molar-refractivity contribution in [1.82, 2.24) is 15.0 Å². The zero-order chi connectivity index (χ0) is 17.1. The van der Waals surface area contributed by atoms with E-state index in [4.69, 9.17) is 0 Å². The monoisotopic (exact) mass is 324 g/mol. The quantitative estimate of drug-likeness (QED) is 0.745. The highest BCUT2D eigenvalue weighted by atomic mass is 16.5. The molecule has 0 spiro atoms. The van der Waals surface area contributed by atoms with Crippen LogP contribution in [0.4, 0.5) is 5.69 Å². The Balaban J connectivity index is 1.83. The third-order valence-corrected chi connectivity index (χ3v) is 3.62. The number of benzene rings is 2. The van der Waals surface area contributed by atoms with Crippen molar-refractivity contribution in [3.8, 4) is 0 Å². The second-order valence-corrected chi connectivity index (χ2v) is 5.14. The fourth-order valence-electron chi connectivity index (χ4n) is 2.39. The van der Waals surface area contributed by atoms with Gasteiger partial charge in [-0.1, -0.05) is 11.3 Å². The molecule has 0 aliphatic carbocycles. The number of nitrogens with zero attached hydrogens (tertiary/aromatic N) is 3. The third kappa shape index (κ3) is 2.96. The van der Waals surface area contributed by atoms with Gasteiger partial charge in [0.1, 0.15) is 5.52 Å². The minimum Gasteiger partial charge on any atom is -0.465 e. The van der Waals surface area contributed by atoms with Crippen LogP contribution in [0.2, 0.25) is 0 Å². The number of carbonyl (C=O) groups is 2. The van der Waals surface area contributed by atoms with E-state index in [9.17, 15) is 9.59 Å². The molecule has 1 aromatic heterocycles. The number of methoxy groups -OCH3 is 1. The Morgan fingerprint density at radius 2 is 2.00 bits per heavy atom. The maximum Gasteiger partial charge on any atom is 0.337 e. The van der Waals surface area contributed by atoms with Crippen LogP contribution in [0.15, 0.2) is 42.5 Å². The molecule has 24 heavy (non-hydrogen) atoms. The van der Waals surface area contributed by atoms with Crippen molar-refractivity contribution in [2.75, 3.05) is 12.4 Å². The van der Waals surface area contributed by atoms with Crippen molar-refractivity contribution in [2.45, 2.75) is 13.5 Å². The number of anilines is 1. The smallest absolute Gasteiger partial charge is 0.337 e. The molecule has 1 N–H and O–H groups in total. The first-order valence-electron chi connectivity index (χ1n) is 7.45. The van der Waals surface area contributed by atoms with Crippen molar-refractivity contribution in [2.24, 2.45) is 0 Å². The highest BCUT2D eigenvalue weighted by molar-refractivity contribution is 6.06. The molecule has 0 fully saturated rings. The van der Waals surface area contributed by atoms with Gasteiger partial charge in [0.25, 0.3) is 5.91 Å². The Kier molecular flexibility index (Phi) is 4.24. The number of amides is 1. The van der Waals surface area contributed by atoms with Crippen LogP contribution in [0.25, 0.3) is 11.0 Å². The van der Waals surface area contributed by atoms with Crippen LogP contribution in [-0.4, -0.2) is 34.0 Å². The fourth-order valence-corrected chi connectivity index (χ4v) is 2.39. The first kappa shape index (κ1) is 15.7. The average molecular weight is 324 g/mol. The summed E-state index contributed by atoms with van der Waals surface area (Å²) in [5, 5.41) is 10.8. The molecular formula is C17H16N4O3. The normalized spacial score (nSPS) is 10.6. The van der Waals surface area contributed by atoms with Gasteiger partial charge in [0.15, 0.2) is 0 Å². The van der Waals surface area contributed by atoms with Crippen molar-refractivity contribution in [3.05, 3.63) is 53.6 Å². The summed E-state index contributed by atoms with van der Waals surface area (Å²) >= 11 is 0. The van der Waals surface area contributed by atoms with Gasteiger partial charge in [0.05, 0.1) is 18.2 Å². The number of nitrogens with one attached hydrogen (secondary N) is 1. The maximum atomic E-state index is 12.4. The molecule has 1 heterocycles. The number of esters is 1. The SMILES string of the molecule is CCn1nnc2cc(C(=O)Nc3cccc(C(=O)OC)c3)ccc21. The molecule has 7 nitrogen and oxygen atoms in total. The van der Waals surface area contributed by atoms with Gasteiger partial charge in [-0.15, -0.1) is 5.10 Å². The lowest BCUT2D eigenvalue weighted by molar-refractivity contribution is 0.0600. The van der Waals surface area contributed by atoms with E-state index in [2.05, 4.69) is 20.4 Å². The lowest BCUT2D eigenvalue weighted by atomic mass is 10.1. The van der Waals surface area contributed by atoms with Crippen molar-refractivity contribution < 1.29 is 14.3 Å². The molecule has 0 aliphatic rings. The maximum absolute atomic E-state index is 12.4. The number of aryl methyl sites for hydroxylation is 1. The molecule has 3 rings (SSSR count). The van der Waals surface area contributed by atoms with E-state index in [1.807, 2.05) is 13.0 Å². The van der Waals surface area contributed by atoms with Crippen molar-refractivity contribution in [1.29, 1.82) is 0 Å². The Bertz CT molecular complexity index is 917. The highest BCUT2D eigenvalue weighted by Gasteiger charge is 2.11. The first-order chi connectivity index (χ1) is 11.6. The van der Waals surface area contributed by atoms with Gasteiger partial charge in [-0.2, -0.15) is 0 Å². The molecule has 0 bridgehead atoms. The minimum atomic E-state index is -0.455. The van der Waals surface area contributed by atoms with Gasteiger partial charge >= 0.3 is 5.97 Å². The Morgan fingerprint density at radius 1 is 1.17 bits per heavy atom. The minimum absolute atomic E-state index is 0.287. The van der Waals surface area contributed by atoms with Gasteiger partial charge in [0.2, 0.25) is 0 Å². The largest absolute Gasteiger partial charge is 0.465 e. The Hall–Kier alpha value is -3.22. The number of aromatic nitrogens is 3. The summed E-state index contributed by atoms with van der Waals surface area (Å²) in [4.78, 5) is 23.9. The van der Waals surface area contributed by atoms with Crippen LogP contribution in [0.3, 0.4) is 0 Å². The van der Waals surface area contributed by atoms with Gasteiger partial charge in [-0.25, -0.2) is 9.48 Å². The molecule has 1 amide bonds. The van der Waals surface area contributed by atoms with E-state index in [0.717, 1.165) is 5.52 Å². The number of rotatable bonds is 4. The lowest BCUT2D eigenvalue weighted by Gasteiger charge is -2.07. The van der Waals surface area contributed by atoms with Gasteiger partial charge in [0, 0.05) is 17.8 Å². The van der Waals surface area contributed by atoms with Crippen molar-refractivity contribution >= 4 is 28.6 Å². The molecule has 3 aromatic rings. The molecule has 122 valence electrons. The zero-order valence-electron chi connectivity index (χ0n) is 13.3.